The number of pyridine rings is 1. The number of nitrogens with two attached hydrogens (primary N) is 1. The van der Waals surface area contributed by atoms with E-state index in [1.54, 1.807) is 6.20 Å². The van der Waals surface area contributed by atoms with Crippen molar-refractivity contribution in [2.24, 2.45) is 23.6 Å². The number of nitrogens with one attached hydrogen (secondary N) is 1. The fourth-order valence-corrected chi connectivity index (χ4v) is 3.20. The standard InChI is InChI=1S/C14H22ClN3/c1-9-5-6-11(8-10(9)2)13(18-16)14-12(15)4-3-7-17-14/h3-4,7,9-11,13,18H,5-6,8,16H2,1-2H3. The van der Waals surface area contributed by atoms with Crippen LogP contribution in [-0.2, 0) is 0 Å². The van der Waals surface area contributed by atoms with Gasteiger partial charge in [-0.1, -0.05) is 31.9 Å². The molecule has 1 fully saturated rings. The Kier molecular flexibility index (Phi) is 4.60. The lowest BCUT2D eigenvalue weighted by Crippen LogP contribution is -2.37. The Balaban J connectivity index is 2.17. The van der Waals surface area contributed by atoms with Crippen LogP contribution in [0.25, 0.3) is 0 Å². The Morgan fingerprint density at radius 1 is 1.39 bits per heavy atom. The normalized spacial score (nSPS) is 30.1. The number of nitrogens with zero attached hydrogens (tertiary/aromatic N) is 1. The second kappa shape index (κ2) is 6.00. The van der Waals surface area contributed by atoms with Gasteiger partial charge in [0.2, 0.25) is 0 Å². The molecule has 0 amide bonds. The highest BCUT2D eigenvalue weighted by Crippen LogP contribution is 2.40. The average Bonchev–Trinajstić information content (AvgIpc) is 2.37. The first-order valence-electron chi connectivity index (χ1n) is 6.70. The fraction of sp³-hybridized carbons (Fsp3) is 0.643. The van der Waals surface area contributed by atoms with Crippen molar-refractivity contribution in [1.29, 1.82) is 0 Å². The fourth-order valence-electron chi connectivity index (χ4n) is 2.96. The van der Waals surface area contributed by atoms with Crippen molar-refractivity contribution in [3.63, 3.8) is 0 Å². The van der Waals surface area contributed by atoms with Gasteiger partial charge in [0.15, 0.2) is 0 Å². The van der Waals surface area contributed by atoms with E-state index in [2.05, 4.69) is 24.3 Å². The van der Waals surface area contributed by atoms with Gasteiger partial charge in [-0.05, 0) is 42.7 Å². The van der Waals surface area contributed by atoms with Gasteiger partial charge in [-0.15, -0.1) is 0 Å². The molecule has 1 saturated carbocycles. The van der Waals surface area contributed by atoms with E-state index in [-0.39, 0.29) is 6.04 Å². The van der Waals surface area contributed by atoms with Crippen LogP contribution in [0, 0.1) is 17.8 Å². The van der Waals surface area contributed by atoms with Crippen LogP contribution in [0.1, 0.15) is 44.8 Å². The molecule has 18 heavy (non-hydrogen) atoms. The van der Waals surface area contributed by atoms with Crippen molar-refractivity contribution in [1.82, 2.24) is 10.4 Å². The number of halogens is 1. The number of hydrogen-bond donors (Lipinski definition) is 2. The van der Waals surface area contributed by atoms with Crippen LogP contribution in [-0.4, -0.2) is 4.98 Å². The predicted molar refractivity (Wildman–Crippen MR) is 75.0 cm³/mol. The van der Waals surface area contributed by atoms with Crippen LogP contribution >= 0.6 is 11.6 Å². The molecule has 1 aromatic heterocycles. The molecule has 100 valence electrons. The summed E-state index contributed by atoms with van der Waals surface area (Å²) in [6.45, 7) is 4.66. The predicted octanol–water partition coefficient (Wildman–Crippen LogP) is 3.31. The summed E-state index contributed by atoms with van der Waals surface area (Å²) >= 11 is 6.22. The molecule has 1 aliphatic rings. The molecule has 0 radical (unpaired) electrons. The minimum absolute atomic E-state index is 0.0636. The van der Waals surface area contributed by atoms with Gasteiger partial charge in [-0.2, -0.15) is 0 Å². The van der Waals surface area contributed by atoms with Crippen LogP contribution in [0.15, 0.2) is 18.3 Å². The van der Waals surface area contributed by atoms with Crippen molar-refractivity contribution in [2.75, 3.05) is 0 Å². The summed E-state index contributed by atoms with van der Waals surface area (Å²) in [5, 5.41) is 0.701. The second-order valence-corrected chi connectivity index (χ2v) is 5.95. The first kappa shape index (κ1) is 13.8. The Morgan fingerprint density at radius 3 is 2.78 bits per heavy atom. The number of hydrogen-bond acceptors (Lipinski definition) is 3. The zero-order valence-electron chi connectivity index (χ0n) is 11.1. The summed E-state index contributed by atoms with van der Waals surface area (Å²) in [4.78, 5) is 4.39. The van der Waals surface area contributed by atoms with E-state index in [0.717, 1.165) is 17.5 Å². The van der Waals surface area contributed by atoms with Gasteiger partial charge in [0.05, 0.1) is 16.8 Å². The molecule has 0 bridgehead atoms. The molecule has 1 aliphatic carbocycles. The van der Waals surface area contributed by atoms with Crippen LogP contribution in [0.5, 0.6) is 0 Å². The van der Waals surface area contributed by atoms with E-state index in [4.69, 9.17) is 17.4 Å². The lowest BCUT2D eigenvalue weighted by Gasteiger charge is -2.36. The van der Waals surface area contributed by atoms with Gasteiger partial charge in [-0.25, -0.2) is 0 Å². The molecule has 3 N–H and O–H groups in total. The molecular weight excluding hydrogens is 246 g/mol. The van der Waals surface area contributed by atoms with Crippen LogP contribution < -0.4 is 11.3 Å². The monoisotopic (exact) mass is 267 g/mol. The van der Waals surface area contributed by atoms with Crippen LogP contribution in [0.3, 0.4) is 0 Å². The molecule has 4 atom stereocenters. The van der Waals surface area contributed by atoms with E-state index in [9.17, 15) is 0 Å². The maximum Gasteiger partial charge on any atom is 0.0775 e. The third-order valence-electron chi connectivity index (χ3n) is 4.37. The summed E-state index contributed by atoms with van der Waals surface area (Å²) in [5.41, 5.74) is 3.80. The smallest absolute Gasteiger partial charge is 0.0775 e. The molecule has 3 nitrogen and oxygen atoms in total. The lowest BCUT2D eigenvalue weighted by molar-refractivity contribution is 0.170. The minimum Gasteiger partial charge on any atom is -0.271 e. The molecular formula is C14H22ClN3. The Bertz CT molecular complexity index is 396. The molecule has 0 spiro atoms. The summed E-state index contributed by atoms with van der Waals surface area (Å²) in [6, 6.07) is 3.79. The maximum absolute atomic E-state index is 6.22. The first-order chi connectivity index (χ1) is 8.63. The molecule has 1 aromatic rings. The molecule has 2 rings (SSSR count). The van der Waals surface area contributed by atoms with Gasteiger partial charge >= 0.3 is 0 Å². The average molecular weight is 268 g/mol. The summed E-state index contributed by atoms with van der Waals surface area (Å²) in [5.74, 6) is 7.80. The highest BCUT2D eigenvalue weighted by Gasteiger charge is 2.31. The largest absolute Gasteiger partial charge is 0.271 e. The third-order valence-corrected chi connectivity index (χ3v) is 4.69. The summed E-state index contributed by atoms with van der Waals surface area (Å²) < 4.78 is 0. The number of aromatic nitrogens is 1. The van der Waals surface area contributed by atoms with Crippen molar-refractivity contribution in [2.45, 2.75) is 39.2 Å². The van der Waals surface area contributed by atoms with Gasteiger partial charge in [0.1, 0.15) is 0 Å². The van der Waals surface area contributed by atoms with Gasteiger partial charge in [0.25, 0.3) is 0 Å². The molecule has 4 unspecified atom stereocenters. The quantitative estimate of drug-likeness (QED) is 0.653. The van der Waals surface area contributed by atoms with E-state index in [1.807, 2.05) is 12.1 Å². The van der Waals surface area contributed by atoms with Crippen molar-refractivity contribution in [3.05, 3.63) is 29.0 Å². The SMILES string of the molecule is CC1CCC(C(NN)c2ncccc2Cl)CC1C. The van der Waals surface area contributed by atoms with Gasteiger partial charge in [0, 0.05) is 6.20 Å². The summed E-state index contributed by atoms with van der Waals surface area (Å²) in [6.07, 6.45) is 5.41. The highest BCUT2D eigenvalue weighted by atomic mass is 35.5. The third kappa shape index (κ3) is 2.85. The molecule has 4 heteroatoms. The molecule has 0 saturated heterocycles. The molecule has 0 aliphatic heterocycles. The van der Waals surface area contributed by atoms with Gasteiger partial charge < -0.3 is 0 Å². The van der Waals surface area contributed by atoms with E-state index in [0.29, 0.717) is 10.9 Å². The Hall–Kier alpha value is -0.640. The van der Waals surface area contributed by atoms with Crippen LogP contribution in [0.2, 0.25) is 5.02 Å². The minimum atomic E-state index is 0.0636. The van der Waals surface area contributed by atoms with E-state index >= 15 is 0 Å². The van der Waals surface area contributed by atoms with Crippen molar-refractivity contribution < 1.29 is 0 Å². The molecule has 0 aromatic carbocycles. The topological polar surface area (TPSA) is 50.9 Å². The Morgan fingerprint density at radius 2 is 2.17 bits per heavy atom. The summed E-state index contributed by atoms with van der Waals surface area (Å²) in [7, 11) is 0. The van der Waals surface area contributed by atoms with E-state index < -0.39 is 0 Å². The van der Waals surface area contributed by atoms with Gasteiger partial charge in [-0.3, -0.25) is 16.3 Å². The number of hydrazine groups is 1. The number of rotatable bonds is 3. The lowest BCUT2D eigenvalue weighted by atomic mass is 9.73. The first-order valence-corrected chi connectivity index (χ1v) is 7.07. The van der Waals surface area contributed by atoms with Crippen LogP contribution in [0.4, 0.5) is 0 Å². The zero-order valence-corrected chi connectivity index (χ0v) is 11.8. The van der Waals surface area contributed by atoms with Crippen molar-refractivity contribution >= 4 is 11.6 Å². The Labute approximate surface area is 114 Å². The maximum atomic E-state index is 6.22. The van der Waals surface area contributed by atoms with E-state index in [1.165, 1.54) is 19.3 Å². The zero-order chi connectivity index (χ0) is 13.1. The van der Waals surface area contributed by atoms with Crippen molar-refractivity contribution in [3.8, 4) is 0 Å². The molecule has 1 heterocycles. The highest BCUT2D eigenvalue weighted by molar-refractivity contribution is 6.31. The second-order valence-electron chi connectivity index (χ2n) is 5.54.